The van der Waals surface area contributed by atoms with Crippen LogP contribution in [-0.2, 0) is 6.61 Å². The topological polar surface area (TPSA) is 50.7 Å². The largest absolute Gasteiger partial charge is 0.486 e. The number of hydrazone groups is 1. The van der Waals surface area contributed by atoms with Gasteiger partial charge < -0.3 is 4.74 Å². The van der Waals surface area contributed by atoms with Gasteiger partial charge in [-0.15, -0.1) is 0 Å². The molecule has 0 bridgehead atoms. The number of hydrogen-bond acceptors (Lipinski definition) is 3. The van der Waals surface area contributed by atoms with E-state index in [0.717, 1.165) is 30.8 Å². The molecule has 0 saturated carbocycles. The summed E-state index contributed by atoms with van der Waals surface area (Å²) in [5.74, 6) is 0.346. The zero-order chi connectivity index (χ0) is 23.4. The molecule has 166 valence electrons. The lowest BCUT2D eigenvalue weighted by Gasteiger charge is -2.12. The van der Waals surface area contributed by atoms with Crippen LogP contribution in [0.15, 0.2) is 86.8 Å². The number of rotatable bonds is 6. The van der Waals surface area contributed by atoms with Crippen molar-refractivity contribution in [2.45, 2.75) is 6.61 Å². The standard InChI is InChI=1S/C25H16Br2Cl2N2O2/c26-21-10-15(11-22(27)24(21)33-14-17-8-9-18(28)12-23(17)29)13-30-31-25(32)20-7-3-5-16-4-1-2-6-19(16)20/h1-13H,14H2,(H,31,32)/b30-13-. The van der Waals surface area contributed by atoms with Crippen LogP contribution in [0.4, 0.5) is 0 Å². The number of amides is 1. The summed E-state index contributed by atoms with van der Waals surface area (Å²) >= 11 is 19.2. The molecule has 4 aromatic rings. The van der Waals surface area contributed by atoms with Crippen molar-refractivity contribution in [2.75, 3.05) is 0 Å². The van der Waals surface area contributed by atoms with Crippen LogP contribution in [-0.4, -0.2) is 12.1 Å². The smallest absolute Gasteiger partial charge is 0.271 e. The number of hydrogen-bond donors (Lipinski definition) is 1. The van der Waals surface area contributed by atoms with Gasteiger partial charge in [0.25, 0.3) is 5.91 Å². The van der Waals surface area contributed by atoms with Crippen molar-refractivity contribution < 1.29 is 9.53 Å². The van der Waals surface area contributed by atoms with E-state index in [9.17, 15) is 4.79 Å². The number of carbonyl (C=O) groups excluding carboxylic acids is 1. The van der Waals surface area contributed by atoms with Crippen molar-refractivity contribution in [3.8, 4) is 5.75 Å². The molecule has 0 atom stereocenters. The first-order valence-electron chi connectivity index (χ1n) is 9.79. The third kappa shape index (κ3) is 5.76. The monoisotopic (exact) mass is 604 g/mol. The lowest BCUT2D eigenvalue weighted by molar-refractivity contribution is 0.0957. The fourth-order valence-electron chi connectivity index (χ4n) is 3.23. The van der Waals surface area contributed by atoms with Gasteiger partial charge in [0.15, 0.2) is 0 Å². The molecule has 1 N–H and O–H groups in total. The summed E-state index contributed by atoms with van der Waals surface area (Å²) in [5, 5.41) is 7.10. The molecular weight excluding hydrogens is 591 g/mol. The van der Waals surface area contributed by atoms with Crippen LogP contribution in [0.3, 0.4) is 0 Å². The molecule has 0 aliphatic rings. The van der Waals surface area contributed by atoms with Crippen molar-refractivity contribution in [3.05, 3.63) is 108 Å². The maximum atomic E-state index is 12.6. The van der Waals surface area contributed by atoms with Crippen LogP contribution in [0.2, 0.25) is 10.0 Å². The van der Waals surface area contributed by atoms with Crippen LogP contribution in [0.1, 0.15) is 21.5 Å². The van der Waals surface area contributed by atoms with Crippen molar-refractivity contribution >= 4 is 78.0 Å². The highest BCUT2D eigenvalue weighted by Gasteiger charge is 2.11. The molecule has 0 radical (unpaired) electrons. The average molecular weight is 607 g/mol. The number of nitrogens with zero attached hydrogens (tertiary/aromatic N) is 1. The molecule has 4 rings (SSSR count). The molecule has 0 spiro atoms. The molecule has 0 aromatic heterocycles. The predicted molar refractivity (Wildman–Crippen MR) is 142 cm³/mol. The summed E-state index contributed by atoms with van der Waals surface area (Å²) in [6.07, 6.45) is 1.57. The molecule has 0 aliphatic carbocycles. The molecule has 4 aromatic carbocycles. The summed E-state index contributed by atoms with van der Waals surface area (Å²) in [6.45, 7) is 0.279. The van der Waals surface area contributed by atoms with E-state index in [1.165, 1.54) is 0 Å². The summed E-state index contributed by atoms with van der Waals surface area (Å²) in [4.78, 5) is 12.6. The Balaban J connectivity index is 1.45. The third-order valence-corrected chi connectivity index (χ3v) is 6.59. The van der Waals surface area contributed by atoms with Gasteiger partial charge in [-0.25, -0.2) is 5.43 Å². The third-order valence-electron chi connectivity index (χ3n) is 4.82. The van der Waals surface area contributed by atoms with E-state index in [4.69, 9.17) is 27.9 Å². The highest BCUT2D eigenvalue weighted by Crippen LogP contribution is 2.35. The van der Waals surface area contributed by atoms with Crippen LogP contribution in [0, 0.1) is 0 Å². The number of carbonyl (C=O) groups is 1. The SMILES string of the molecule is O=C(N/N=C\c1cc(Br)c(OCc2ccc(Cl)cc2Cl)c(Br)c1)c1cccc2ccccc12. The van der Waals surface area contributed by atoms with Gasteiger partial charge >= 0.3 is 0 Å². The Morgan fingerprint density at radius 3 is 2.45 bits per heavy atom. The Morgan fingerprint density at radius 2 is 1.70 bits per heavy atom. The number of nitrogens with one attached hydrogen (secondary N) is 1. The Kier molecular flexibility index (Phi) is 7.71. The maximum Gasteiger partial charge on any atom is 0.271 e. The molecule has 1 amide bonds. The second-order valence-electron chi connectivity index (χ2n) is 7.06. The minimum Gasteiger partial charge on any atom is -0.486 e. The van der Waals surface area contributed by atoms with Gasteiger partial charge in [0.1, 0.15) is 12.4 Å². The lowest BCUT2D eigenvalue weighted by atomic mass is 10.0. The minimum atomic E-state index is -0.277. The van der Waals surface area contributed by atoms with Gasteiger partial charge in [-0.2, -0.15) is 5.10 Å². The highest BCUT2D eigenvalue weighted by atomic mass is 79.9. The molecule has 0 unspecified atom stereocenters. The van der Waals surface area contributed by atoms with Crippen LogP contribution < -0.4 is 10.2 Å². The highest BCUT2D eigenvalue weighted by molar-refractivity contribution is 9.11. The first-order chi connectivity index (χ1) is 15.9. The predicted octanol–water partition coefficient (Wildman–Crippen LogP) is 8.01. The molecule has 0 fully saturated rings. The summed E-state index contributed by atoms with van der Waals surface area (Å²) in [6, 6.07) is 22.3. The Hall–Kier alpha value is -2.38. The Labute approximate surface area is 217 Å². The zero-order valence-corrected chi connectivity index (χ0v) is 21.7. The minimum absolute atomic E-state index is 0.277. The fraction of sp³-hybridized carbons (Fsp3) is 0.0400. The summed E-state index contributed by atoms with van der Waals surface area (Å²) < 4.78 is 7.39. The van der Waals surface area contributed by atoms with Crippen molar-refractivity contribution in [1.82, 2.24) is 5.43 Å². The van der Waals surface area contributed by atoms with E-state index >= 15 is 0 Å². The average Bonchev–Trinajstić information content (AvgIpc) is 2.79. The number of benzene rings is 4. The van der Waals surface area contributed by atoms with Crippen molar-refractivity contribution in [3.63, 3.8) is 0 Å². The molecular formula is C25H16Br2Cl2N2O2. The van der Waals surface area contributed by atoms with E-state index in [-0.39, 0.29) is 12.5 Å². The van der Waals surface area contributed by atoms with E-state index in [2.05, 4.69) is 42.4 Å². The summed E-state index contributed by atoms with van der Waals surface area (Å²) in [7, 11) is 0. The number of ether oxygens (including phenoxy) is 1. The van der Waals surface area contributed by atoms with Crippen molar-refractivity contribution in [1.29, 1.82) is 0 Å². The molecule has 0 aliphatic heterocycles. The second kappa shape index (κ2) is 10.7. The quantitative estimate of drug-likeness (QED) is 0.178. The zero-order valence-electron chi connectivity index (χ0n) is 17.0. The van der Waals surface area contributed by atoms with Gasteiger partial charge in [-0.05, 0) is 78.5 Å². The molecule has 33 heavy (non-hydrogen) atoms. The normalized spacial score (nSPS) is 11.2. The first kappa shape index (κ1) is 23.8. The molecule has 8 heteroatoms. The summed E-state index contributed by atoms with van der Waals surface area (Å²) in [5.41, 5.74) is 4.75. The van der Waals surface area contributed by atoms with Crippen LogP contribution >= 0.6 is 55.1 Å². The molecule has 4 nitrogen and oxygen atoms in total. The van der Waals surface area contributed by atoms with Crippen molar-refractivity contribution in [2.24, 2.45) is 5.10 Å². The van der Waals surface area contributed by atoms with Gasteiger partial charge in [0, 0.05) is 21.2 Å². The van der Waals surface area contributed by atoms with E-state index in [1.807, 2.05) is 54.6 Å². The Morgan fingerprint density at radius 1 is 0.970 bits per heavy atom. The van der Waals surface area contributed by atoms with E-state index in [0.29, 0.717) is 21.4 Å². The second-order valence-corrected chi connectivity index (χ2v) is 9.62. The van der Waals surface area contributed by atoms with E-state index < -0.39 is 0 Å². The van der Waals surface area contributed by atoms with Gasteiger partial charge in [-0.3, -0.25) is 4.79 Å². The van der Waals surface area contributed by atoms with Gasteiger partial charge in [0.2, 0.25) is 0 Å². The van der Waals surface area contributed by atoms with Gasteiger partial charge in [-0.1, -0.05) is 65.7 Å². The van der Waals surface area contributed by atoms with Gasteiger partial charge in [0.05, 0.1) is 15.2 Å². The fourth-order valence-corrected chi connectivity index (χ4v) is 5.14. The number of fused-ring (bicyclic) bond motifs is 1. The van der Waals surface area contributed by atoms with Crippen LogP contribution in [0.5, 0.6) is 5.75 Å². The maximum absolute atomic E-state index is 12.6. The molecule has 0 saturated heterocycles. The molecule has 0 heterocycles. The van der Waals surface area contributed by atoms with Crippen LogP contribution in [0.25, 0.3) is 10.8 Å². The first-order valence-corrected chi connectivity index (χ1v) is 12.1. The lowest BCUT2D eigenvalue weighted by Crippen LogP contribution is -2.17. The number of halogens is 4. The van der Waals surface area contributed by atoms with E-state index in [1.54, 1.807) is 24.4 Å². The Bertz CT molecular complexity index is 1350.